The highest BCUT2D eigenvalue weighted by Gasteiger charge is 2.41. The minimum absolute atomic E-state index is 0.0310. The van der Waals surface area contributed by atoms with Crippen molar-refractivity contribution >= 4 is 11.3 Å². The van der Waals surface area contributed by atoms with Crippen molar-refractivity contribution in [3.05, 3.63) is 66.2 Å². The van der Waals surface area contributed by atoms with Crippen molar-refractivity contribution in [2.75, 3.05) is 38.3 Å². The lowest BCUT2D eigenvalue weighted by Gasteiger charge is -2.39. The predicted molar refractivity (Wildman–Crippen MR) is 147 cm³/mol. The summed E-state index contributed by atoms with van der Waals surface area (Å²) in [6.07, 6.45) is 6.89. The van der Waals surface area contributed by atoms with E-state index in [0.717, 1.165) is 35.6 Å². The first-order chi connectivity index (χ1) is 19.3. The van der Waals surface area contributed by atoms with Gasteiger partial charge in [0.15, 0.2) is 0 Å². The summed E-state index contributed by atoms with van der Waals surface area (Å²) >= 11 is 0. The Labute approximate surface area is 232 Å². The van der Waals surface area contributed by atoms with Crippen molar-refractivity contribution in [3.63, 3.8) is 0 Å². The van der Waals surface area contributed by atoms with E-state index in [9.17, 15) is 10.4 Å². The third-order valence-corrected chi connectivity index (χ3v) is 7.18. The minimum Gasteiger partial charge on any atom is -0.489 e. The number of pyridine rings is 3. The molecule has 0 spiro atoms. The van der Waals surface area contributed by atoms with Crippen LogP contribution in [0.3, 0.4) is 0 Å². The number of hydrogen-bond acceptors (Lipinski definition) is 10. The average Bonchev–Trinajstić information content (AvgIpc) is 3.47. The third kappa shape index (κ3) is 5.16. The normalized spacial score (nSPS) is 19.1. The molecule has 2 atom stereocenters. The topological polar surface area (TPSA) is 121 Å². The van der Waals surface area contributed by atoms with Crippen LogP contribution in [0.25, 0.3) is 16.6 Å². The van der Waals surface area contributed by atoms with Crippen LogP contribution in [0.1, 0.15) is 25.0 Å². The van der Waals surface area contributed by atoms with Gasteiger partial charge in [-0.1, -0.05) is 6.07 Å². The Bertz CT molecular complexity index is 1530. The summed E-state index contributed by atoms with van der Waals surface area (Å²) in [5, 5.41) is 24.1. The van der Waals surface area contributed by atoms with Crippen molar-refractivity contribution in [1.29, 1.82) is 5.26 Å². The Morgan fingerprint density at radius 1 is 1.15 bits per heavy atom. The molecule has 0 radical (unpaired) electrons. The smallest absolute Gasteiger partial charge is 0.212 e. The maximum absolute atomic E-state index is 10.1. The number of anilines is 1. The van der Waals surface area contributed by atoms with E-state index in [1.54, 1.807) is 31.7 Å². The van der Waals surface area contributed by atoms with Crippen LogP contribution >= 0.6 is 0 Å². The van der Waals surface area contributed by atoms with E-state index in [1.165, 1.54) is 6.20 Å². The number of methoxy groups -OCH3 is 1. The highest BCUT2D eigenvalue weighted by molar-refractivity contribution is 5.85. The Balaban J connectivity index is 1.21. The highest BCUT2D eigenvalue weighted by Crippen LogP contribution is 2.33. The molecule has 2 bridgehead atoms. The Morgan fingerprint density at radius 3 is 2.70 bits per heavy atom. The molecule has 2 aliphatic rings. The van der Waals surface area contributed by atoms with Crippen molar-refractivity contribution < 1.29 is 19.3 Å². The van der Waals surface area contributed by atoms with Gasteiger partial charge >= 0.3 is 0 Å². The van der Waals surface area contributed by atoms with Gasteiger partial charge in [-0.2, -0.15) is 10.4 Å². The maximum atomic E-state index is 10.1. The lowest BCUT2D eigenvalue weighted by Crippen LogP contribution is -2.54. The molecule has 2 unspecified atom stereocenters. The number of piperazine rings is 1. The highest BCUT2D eigenvalue weighted by atomic mass is 16.5. The maximum Gasteiger partial charge on any atom is 0.212 e. The monoisotopic (exact) mass is 541 g/mol. The summed E-state index contributed by atoms with van der Waals surface area (Å²) < 4.78 is 18.8. The van der Waals surface area contributed by atoms with E-state index in [2.05, 4.69) is 26.0 Å². The Hall–Kier alpha value is -4.24. The second-order valence-corrected chi connectivity index (χ2v) is 10.8. The van der Waals surface area contributed by atoms with Crippen LogP contribution in [-0.2, 0) is 11.3 Å². The van der Waals surface area contributed by atoms with E-state index < -0.39 is 5.60 Å². The molecular formula is C29H31N7O4. The fourth-order valence-corrected chi connectivity index (χ4v) is 5.21. The van der Waals surface area contributed by atoms with Crippen molar-refractivity contribution in [2.24, 2.45) is 0 Å². The van der Waals surface area contributed by atoms with Crippen LogP contribution in [0.5, 0.6) is 11.6 Å². The zero-order valence-electron chi connectivity index (χ0n) is 22.7. The molecule has 0 aromatic carbocycles. The first-order valence-corrected chi connectivity index (χ1v) is 13.2. The number of rotatable bonds is 8. The molecule has 0 saturated carbocycles. The van der Waals surface area contributed by atoms with Crippen LogP contribution < -0.4 is 14.4 Å². The van der Waals surface area contributed by atoms with E-state index in [-0.39, 0.29) is 18.9 Å². The summed E-state index contributed by atoms with van der Waals surface area (Å²) in [6.45, 7) is 6.44. The summed E-state index contributed by atoms with van der Waals surface area (Å²) in [7, 11) is 1.61. The SMILES string of the molecule is COc1ccc(CN2C3COC2CN(c2ccc(-c4cc(OCC(C)(C)O)cn5ncc(C#N)c45)cn2)C3)cn1. The van der Waals surface area contributed by atoms with Gasteiger partial charge in [0.2, 0.25) is 5.88 Å². The van der Waals surface area contributed by atoms with E-state index in [0.29, 0.717) is 35.9 Å². The zero-order chi connectivity index (χ0) is 27.9. The minimum atomic E-state index is -0.987. The second kappa shape index (κ2) is 10.4. The van der Waals surface area contributed by atoms with Gasteiger partial charge in [0, 0.05) is 42.7 Å². The van der Waals surface area contributed by atoms with Crippen LogP contribution in [-0.4, -0.2) is 80.9 Å². The standard InChI is InChI=1S/C29H31N7O4/c1-29(2,37)18-40-23-8-24(28-21(9-30)12-33-36(28)15-23)20-5-6-25(31-11-20)34-14-22-17-39-27(16-34)35(22)13-19-4-7-26(38-3)32-10-19/h4-8,10-12,15,22,27,37H,13-14,16-18H2,1-3H3. The zero-order valence-corrected chi connectivity index (χ0v) is 22.7. The second-order valence-electron chi connectivity index (χ2n) is 10.8. The molecule has 6 heterocycles. The summed E-state index contributed by atoms with van der Waals surface area (Å²) in [4.78, 5) is 13.8. The molecular weight excluding hydrogens is 510 g/mol. The molecule has 0 aliphatic carbocycles. The number of ether oxygens (including phenoxy) is 3. The number of aromatic nitrogens is 4. The van der Waals surface area contributed by atoms with Crippen LogP contribution in [0.4, 0.5) is 5.82 Å². The van der Waals surface area contributed by atoms with Gasteiger partial charge in [-0.15, -0.1) is 0 Å². The Morgan fingerprint density at radius 2 is 2.02 bits per heavy atom. The number of aliphatic hydroxyl groups is 1. The van der Waals surface area contributed by atoms with E-state index in [4.69, 9.17) is 19.2 Å². The van der Waals surface area contributed by atoms with Crippen LogP contribution in [0.2, 0.25) is 0 Å². The van der Waals surface area contributed by atoms with Crippen LogP contribution in [0, 0.1) is 11.3 Å². The average molecular weight is 542 g/mol. The van der Waals surface area contributed by atoms with Gasteiger partial charge < -0.3 is 24.2 Å². The fourth-order valence-electron chi connectivity index (χ4n) is 5.21. The molecule has 1 N–H and O–H groups in total. The van der Waals surface area contributed by atoms with Gasteiger partial charge in [0.05, 0.1) is 55.4 Å². The lowest BCUT2D eigenvalue weighted by molar-refractivity contribution is 0.0238. The molecule has 2 aliphatic heterocycles. The quantitative estimate of drug-likeness (QED) is 0.356. The van der Waals surface area contributed by atoms with E-state index >= 15 is 0 Å². The predicted octanol–water partition coefficient (Wildman–Crippen LogP) is 2.87. The lowest BCUT2D eigenvalue weighted by atomic mass is 10.0. The number of nitriles is 1. The molecule has 2 saturated heterocycles. The van der Waals surface area contributed by atoms with Crippen molar-refractivity contribution in [3.8, 4) is 28.8 Å². The van der Waals surface area contributed by atoms with Gasteiger partial charge in [-0.3, -0.25) is 4.90 Å². The number of nitrogens with zero attached hydrogens (tertiary/aromatic N) is 7. The molecule has 2 fully saturated rings. The molecule has 4 aromatic heterocycles. The molecule has 40 heavy (non-hydrogen) atoms. The summed E-state index contributed by atoms with van der Waals surface area (Å²) in [5.74, 6) is 2.01. The molecule has 0 amide bonds. The third-order valence-electron chi connectivity index (χ3n) is 7.18. The molecule has 11 heteroatoms. The first kappa shape index (κ1) is 26.0. The van der Waals surface area contributed by atoms with Crippen molar-refractivity contribution in [1.82, 2.24) is 24.5 Å². The van der Waals surface area contributed by atoms with E-state index in [1.807, 2.05) is 42.7 Å². The summed E-state index contributed by atoms with van der Waals surface area (Å²) in [6, 6.07) is 12.3. The van der Waals surface area contributed by atoms with Gasteiger partial charge in [0.1, 0.15) is 30.5 Å². The van der Waals surface area contributed by atoms with Gasteiger partial charge in [0.25, 0.3) is 0 Å². The first-order valence-electron chi connectivity index (χ1n) is 13.2. The van der Waals surface area contributed by atoms with Crippen molar-refractivity contribution in [2.45, 2.75) is 38.3 Å². The fraction of sp³-hybridized carbons (Fsp3) is 0.379. The molecule has 6 rings (SSSR count). The molecule has 206 valence electrons. The van der Waals surface area contributed by atoms with Crippen LogP contribution in [0.15, 0.2) is 55.1 Å². The number of hydrogen-bond donors (Lipinski definition) is 1. The number of fused-ring (bicyclic) bond motifs is 3. The Kier molecular flexibility index (Phi) is 6.75. The van der Waals surface area contributed by atoms with Gasteiger partial charge in [-0.05, 0) is 37.6 Å². The van der Waals surface area contributed by atoms with Gasteiger partial charge in [-0.25, -0.2) is 14.5 Å². The molecule has 4 aromatic rings. The summed E-state index contributed by atoms with van der Waals surface area (Å²) in [5.41, 5.74) is 2.89. The largest absolute Gasteiger partial charge is 0.489 e. The molecule has 11 nitrogen and oxygen atoms in total.